The number of carbonyl (C=O) groups is 2. The Morgan fingerprint density at radius 3 is 2.34 bits per heavy atom. The first-order valence-corrected chi connectivity index (χ1v) is 10.7. The average molecular weight is 444 g/mol. The van der Waals surface area contributed by atoms with Gasteiger partial charge in [0, 0.05) is 0 Å². The van der Waals surface area contributed by atoms with Crippen LogP contribution in [-0.2, 0) is 27.2 Å². The van der Waals surface area contributed by atoms with Crippen molar-refractivity contribution in [1.82, 2.24) is 5.48 Å². The summed E-state index contributed by atoms with van der Waals surface area (Å²) in [6.45, 7) is 5.13. The van der Waals surface area contributed by atoms with Crippen molar-refractivity contribution < 1.29 is 29.0 Å². The molecular weight excluding hydrogens is 410 g/mol. The lowest BCUT2D eigenvalue weighted by molar-refractivity contribution is -0.156. The zero-order chi connectivity index (χ0) is 23.6. The Kier molecular flexibility index (Phi) is 9.53. The molecule has 0 radical (unpaired) electrons. The number of hydrogen-bond donors (Lipinski definition) is 2. The Balaban J connectivity index is 2.04. The predicted octanol–water partition coefficient (Wildman–Crippen LogP) is 4.22. The van der Waals surface area contributed by atoms with Crippen LogP contribution in [0.2, 0.25) is 0 Å². The molecule has 2 atom stereocenters. The molecule has 2 aromatic carbocycles. The summed E-state index contributed by atoms with van der Waals surface area (Å²) in [5.74, 6) is -0.697. The fourth-order valence-electron chi connectivity index (χ4n) is 3.30. The van der Waals surface area contributed by atoms with Gasteiger partial charge >= 0.3 is 12.1 Å². The standard InChI is InChI=1S/C25H33NO6/c1-25(2,3)31-24(29)26-32-23(28)20(16-19-12-8-9-13-22(19)30-4)17-21(27)15-14-18-10-6-5-7-11-18/h5-13,20-21,27H,14-17H2,1-4H3,(H,26,29). The number of carbonyl (C=O) groups excluding carboxylic acids is 2. The molecule has 7 heteroatoms. The summed E-state index contributed by atoms with van der Waals surface area (Å²) in [6.07, 6.45) is 0.0879. The fourth-order valence-corrected chi connectivity index (χ4v) is 3.30. The van der Waals surface area contributed by atoms with Crippen LogP contribution in [0.4, 0.5) is 4.79 Å². The second-order valence-corrected chi connectivity index (χ2v) is 8.65. The number of aryl methyl sites for hydroxylation is 1. The largest absolute Gasteiger partial charge is 0.496 e. The minimum Gasteiger partial charge on any atom is -0.496 e. The molecule has 0 aliphatic rings. The number of methoxy groups -OCH3 is 1. The molecular formula is C25H33NO6. The van der Waals surface area contributed by atoms with Gasteiger partial charge in [-0.15, -0.1) is 5.48 Å². The molecule has 0 fully saturated rings. The minimum absolute atomic E-state index is 0.180. The number of aliphatic hydroxyl groups is 1. The number of hydroxylamine groups is 1. The number of amides is 1. The molecule has 2 aromatic rings. The first-order valence-electron chi connectivity index (χ1n) is 10.7. The lowest BCUT2D eigenvalue weighted by Crippen LogP contribution is -2.36. The molecule has 0 saturated heterocycles. The molecule has 0 aromatic heterocycles. The van der Waals surface area contributed by atoms with E-state index in [9.17, 15) is 14.7 Å². The number of hydrogen-bond acceptors (Lipinski definition) is 6. The summed E-state index contributed by atoms with van der Waals surface area (Å²) in [5.41, 5.74) is 3.24. The van der Waals surface area contributed by atoms with E-state index in [1.165, 1.54) is 0 Å². The smallest absolute Gasteiger partial charge is 0.441 e. The van der Waals surface area contributed by atoms with Gasteiger partial charge in [0.15, 0.2) is 0 Å². The molecule has 2 N–H and O–H groups in total. The maximum atomic E-state index is 12.8. The van der Waals surface area contributed by atoms with Crippen LogP contribution in [0, 0.1) is 5.92 Å². The first kappa shape index (κ1) is 25.2. The van der Waals surface area contributed by atoms with Gasteiger partial charge < -0.3 is 19.4 Å². The number of para-hydroxylation sites is 1. The predicted molar refractivity (Wildman–Crippen MR) is 121 cm³/mol. The molecule has 0 bridgehead atoms. The van der Waals surface area contributed by atoms with E-state index in [0.29, 0.717) is 25.0 Å². The topological polar surface area (TPSA) is 94.1 Å². The van der Waals surface area contributed by atoms with Crippen LogP contribution in [0.15, 0.2) is 54.6 Å². The third kappa shape index (κ3) is 8.98. The Bertz CT molecular complexity index is 862. The Morgan fingerprint density at radius 2 is 1.69 bits per heavy atom. The van der Waals surface area contributed by atoms with Crippen LogP contribution in [0.1, 0.15) is 44.7 Å². The summed E-state index contributed by atoms with van der Waals surface area (Å²) in [4.78, 5) is 29.6. The number of nitrogens with one attached hydrogen (secondary N) is 1. The molecule has 32 heavy (non-hydrogen) atoms. The first-order chi connectivity index (χ1) is 15.2. The summed E-state index contributed by atoms with van der Waals surface area (Å²) in [7, 11) is 1.56. The minimum atomic E-state index is -0.855. The maximum Gasteiger partial charge on any atom is 0.441 e. The highest BCUT2D eigenvalue weighted by Crippen LogP contribution is 2.25. The van der Waals surface area contributed by atoms with Gasteiger partial charge in [-0.2, -0.15) is 0 Å². The molecule has 2 unspecified atom stereocenters. The molecule has 0 saturated carbocycles. The Labute approximate surface area is 189 Å². The highest BCUT2D eigenvalue weighted by atomic mass is 16.7. The van der Waals surface area contributed by atoms with E-state index in [1.807, 2.05) is 60.1 Å². The van der Waals surface area contributed by atoms with Gasteiger partial charge in [-0.3, -0.25) is 0 Å². The van der Waals surface area contributed by atoms with Gasteiger partial charge in [0.2, 0.25) is 0 Å². The zero-order valence-corrected chi connectivity index (χ0v) is 19.2. The molecule has 0 spiro atoms. The van der Waals surface area contributed by atoms with Crippen molar-refractivity contribution in [2.24, 2.45) is 5.92 Å². The molecule has 174 valence electrons. The summed E-state index contributed by atoms with van der Waals surface area (Å²) < 4.78 is 10.5. The number of ether oxygens (including phenoxy) is 2. The molecule has 2 rings (SSSR count). The highest BCUT2D eigenvalue weighted by molar-refractivity contribution is 5.75. The van der Waals surface area contributed by atoms with Crippen LogP contribution in [0.5, 0.6) is 5.75 Å². The average Bonchev–Trinajstić information content (AvgIpc) is 2.75. The lowest BCUT2D eigenvalue weighted by Gasteiger charge is -2.22. The number of benzene rings is 2. The third-order valence-electron chi connectivity index (χ3n) is 4.79. The van der Waals surface area contributed by atoms with Crippen LogP contribution in [-0.4, -0.2) is 36.0 Å². The molecule has 0 aliphatic heterocycles. The van der Waals surface area contributed by atoms with Crippen LogP contribution < -0.4 is 10.2 Å². The number of aliphatic hydroxyl groups excluding tert-OH is 1. The summed E-state index contributed by atoms with van der Waals surface area (Å²) in [6, 6.07) is 17.2. The van der Waals surface area contributed by atoms with Crippen molar-refractivity contribution in [3.63, 3.8) is 0 Å². The number of rotatable bonds is 9. The second-order valence-electron chi connectivity index (χ2n) is 8.65. The van der Waals surface area contributed by atoms with E-state index in [1.54, 1.807) is 27.9 Å². The molecule has 1 amide bonds. The van der Waals surface area contributed by atoms with Crippen molar-refractivity contribution >= 4 is 12.1 Å². The SMILES string of the molecule is COc1ccccc1CC(CC(O)CCc1ccccc1)C(=O)ONC(=O)OC(C)(C)C. The van der Waals surface area contributed by atoms with Gasteiger partial charge in [0.1, 0.15) is 11.4 Å². The van der Waals surface area contributed by atoms with Crippen LogP contribution in [0.3, 0.4) is 0 Å². The monoisotopic (exact) mass is 443 g/mol. The van der Waals surface area contributed by atoms with Gasteiger partial charge in [0.05, 0.1) is 19.1 Å². The van der Waals surface area contributed by atoms with Crippen molar-refractivity contribution in [3.05, 3.63) is 65.7 Å². The Hall–Kier alpha value is -3.06. The van der Waals surface area contributed by atoms with E-state index >= 15 is 0 Å². The van der Waals surface area contributed by atoms with Crippen molar-refractivity contribution in [1.29, 1.82) is 0 Å². The fraction of sp³-hybridized carbons (Fsp3) is 0.440. The zero-order valence-electron chi connectivity index (χ0n) is 19.2. The normalized spacial score (nSPS) is 13.0. The van der Waals surface area contributed by atoms with E-state index in [4.69, 9.17) is 14.3 Å². The quantitative estimate of drug-likeness (QED) is 0.564. The molecule has 7 nitrogen and oxygen atoms in total. The van der Waals surface area contributed by atoms with E-state index in [0.717, 1.165) is 11.1 Å². The molecule has 0 heterocycles. The van der Waals surface area contributed by atoms with Gasteiger partial charge in [-0.05, 0) is 63.6 Å². The highest BCUT2D eigenvalue weighted by Gasteiger charge is 2.27. The van der Waals surface area contributed by atoms with E-state index in [2.05, 4.69) is 0 Å². The van der Waals surface area contributed by atoms with Crippen molar-refractivity contribution in [2.75, 3.05) is 7.11 Å². The third-order valence-corrected chi connectivity index (χ3v) is 4.79. The van der Waals surface area contributed by atoms with Gasteiger partial charge in [-0.25, -0.2) is 9.59 Å². The molecule has 0 aliphatic carbocycles. The maximum absolute atomic E-state index is 12.8. The van der Waals surface area contributed by atoms with Gasteiger partial charge in [-0.1, -0.05) is 48.5 Å². The van der Waals surface area contributed by atoms with Crippen LogP contribution >= 0.6 is 0 Å². The summed E-state index contributed by atoms with van der Waals surface area (Å²) >= 11 is 0. The lowest BCUT2D eigenvalue weighted by atomic mass is 9.91. The second kappa shape index (κ2) is 12.1. The Morgan fingerprint density at radius 1 is 1.03 bits per heavy atom. The van der Waals surface area contributed by atoms with E-state index < -0.39 is 29.7 Å². The van der Waals surface area contributed by atoms with Crippen LogP contribution in [0.25, 0.3) is 0 Å². The summed E-state index contributed by atoms with van der Waals surface area (Å²) in [5, 5.41) is 10.6. The van der Waals surface area contributed by atoms with Crippen molar-refractivity contribution in [2.45, 2.75) is 58.2 Å². The van der Waals surface area contributed by atoms with Gasteiger partial charge in [0.25, 0.3) is 0 Å². The van der Waals surface area contributed by atoms with E-state index in [-0.39, 0.29) is 6.42 Å². The van der Waals surface area contributed by atoms with Crippen molar-refractivity contribution in [3.8, 4) is 5.75 Å².